The number of hydrogen-bond acceptors (Lipinski definition) is 4. The lowest BCUT2D eigenvalue weighted by Crippen LogP contribution is -2.45. The predicted molar refractivity (Wildman–Crippen MR) is 82.6 cm³/mol. The van der Waals surface area contributed by atoms with Crippen molar-refractivity contribution in [3.05, 3.63) is 16.8 Å². The highest BCUT2D eigenvalue weighted by Gasteiger charge is 2.31. The Balaban J connectivity index is 1.52. The molecule has 2 aliphatic rings. The van der Waals surface area contributed by atoms with Crippen molar-refractivity contribution >= 4 is 11.8 Å². The van der Waals surface area contributed by atoms with Gasteiger partial charge in [0.25, 0.3) is 0 Å². The number of nitrogens with zero attached hydrogens (tertiary/aromatic N) is 5. The van der Waals surface area contributed by atoms with Gasteiger partial charge < -0.3 is 9.80 Å². The largest absolute Gasteiger partial charge is 0.345 e. The second-order valence-corrected chi connectivity index (χ2v) is 6.37. The SMILES string of the molecule is Cn1cnn(CC(=O)N2CCC(C(=O)N3CCCC3)CC2)c1=O. The maximum absolute atomic E-state index is 12.4. The van der Waals surface area contributed by atoms with E-state index in [1.54, 1.807) is 11.9 Å². The molecule has 0 aliphatic carbocycles. The molecule has 0 spiro atoms. The van der Waals surface area contributed by atoms with Crippen LogP contribution in [0.1, 0.15) is 25.7 Å². The molecule has 126 valence electrons. The van der Waals surface area contributed by atoms with Crippen molar-refractivity contribution in [2.75, 3.05) is 26.2 Å². The van der Waals surface area contributed by atoms with E-state index in [1.165, 1.54) is 15.6 Å². The maximum atomic E-state index is 12.4. The van der Waals surface area contributed by atoms with E-state index >= 15 is 0 Å². The van der Waals surface area contributed by atoms with E-state index in [-0.39, 0.29) is 30.0 Å². The van der Waals surface area contributed by atoms with Gasteiger partial charge in [-0.3, -0.25) is 14.2 Å². The Hall–Kier alpha value is -2.12. The summed E-state index contributed by atoms with van der Waals surface area (Å²) in [4.78, 5) is 40.1. The lowest BCUT2D eigenvalue weighted by molar-refractivity contribution is -0.140. The third-order valence-electron chi connectivity index (χ3n) is 4.79. The minimum atomic E-state index is -0.294. The fourth-order valence-electron chi connectivity index (χ4n) is 3.33. The van der Waals surface area contributed by atoms with Gasteiger partial charge in [-0.05, 0) is 25.7 Å². The van der Waals surface area contributed by atoms with Crippen LogP contribution in [0.4, 0.5) is 0 Å². The van der Waals surface area contributed by atoms with E-state index in [4.69, 9.17) is 0 Å². The van der Waals surface area contributed by atoms with Crippen molar-refractivity contribution < 1.29 is 9.59 Å². The molecule has 2 amide bonds. The number of likely N-dealkylation sites (tertiary alicyclic amines) is 2. The minimum absolute atomic E-state index is 0.0368. The molecule has 3 heterocycles. The molecule has 0 unspecified atom stereocenters. The molecular weight excluding hydrogens is 298 g/mol. The van der Waals surface area contributed by atoms with E-state index in [0.29, 0.717) is 25.9 Å². The highest BCUT2D eigenvalue weighted by atomic mass is 16.2. The van der Waals surface area contributed by atoms with Crippen LogP contribution >= 0.6 is 0 Å². The van der Waals surface area contributed by atoms with Crippen LogP contribution in [-0.4, -0.2) is 62.1 Å². The van der Waals surface area contributed by atoms with Crippen LogP contribution in [0.5, 0.6) is 0 Å². The smallest absolute Gasteiger partial charge is 0.342 e. The van der Waals surface area contributed by atoms with Crippen LogP contribution in [0, 0.1) is 5.92 Å². The molecule has 1 aromatic heterocycles. The third kappa shape index (κ3) is 3.30. The van der Waals surface area contributed by atoms with Gasteiger partial charge in [-0.25, -0.2) is 9.48 Å². The van der Waals surface area contributed by atoms with E-state index in [9.17, 15) is 14.4 Å². The first kappa shape index (κ1) is 15.8. The van der Waals surface area contributed by atoms with Crippen molar-refractivity contribution in [3.8, 4) is 0 Å². The van der Waals surface area contributed by atoms with Crippen LogP contribution in [0.15, 0.2) is 11.1 Å². The van der Waals surface area contributed by atoms with Crippen LogP contribution in [0.3, 0.4) is 0 Å². The molecule has 2 saturated heterocycles. The molecule has 0 radical (unpaired) electrons. The molecule has 0 aromatic carbocycles. The average Bonchev–Trinajstić information content (AvgIpc) is 3.20. The molecule has 0 atom stereocenters. The van der Waals surface area contributed by atoms with Gasteiger partial charge in [0, 0.05) is 39.1 Å². The zero-order valence-corrected chi connectivity index (χ0v) is 13.5. The zero-order valence-electron chi connectivity index (χ0n) is 13.5. The summed E-state index contributed by atoms with van der Waals surface area (Å²) in [5.74, 6) is 0.170. The first-order valence-electron chi connectivity index (χ1n) is 8.21. The number of amides is 2. The number of aromatic nitrogens is 3. The highest BCUT2D eigenvalue weighted by Crippen LogP contribution is 2.22. The summed E-state index contributed by atoms with van der Waals surface area (Å²) >= 11 is 0. The van der Waals surface area contributed by atoms with Crippen molar-refractivity contribution in [1.82, 2.24) is 24.1 Å². The summed E-state index contributed by atoms with van der Waals surface area (Å²) in [6.07, 6.45) is 5.01. The predicted octanol–water partition coefficient (Wildman–Crippen LogP) is -0.557. The van der Waals surface area contributed by atoms with Crippen molar-refractivity contribution in [3.63, 3.8) is 0 Å². The van der Waals surface area contributed by atoms with Crippen LogP contribution in [-0.2, 0) is 23.2 Å². The molecule has 8 heteroatoms. The average molecular weight is 321 g/mol. The summed E-state index contributed by atoms with van der Waals surface area (Å²) < 4.78 is 2.51. The molecule has 2 fully saturated rings. The zero-order chi connectivity index (χ0) is 16.4. The summed E-state index contributed by atoms with van der Waals surface area (Å²) in [6, 6.07) is 0. The van der Waals surface area contributed by atoms with Crippen molar-refractivity contribution in [2.45, 2.75) is 32.2 Å². The van der Waals surface area contributed by atoms with Crippen LogP contribution in [0.25, 0.3) is 0 Å². The van der Waals surface area contributed by atoms with Gasteiger partial charge in [0.05, 0.1) is 0 Å². The standard InChI is InChI=1S/C15H23N5O3/c1-17-11-16-20(15(17)23)10-13(21)18-8-4-12(5-9-18)14(22)19-6-2-3-7-19/h11-12H,2-10H2,1H3. The lowest BCUT2D eigenvalue weighted by atomic mass is 9.95. The Morgan fingerprint density at radius 1 is 1.13 bits per heavy atom. The van der Waals surface area contributed by atoms with E-state index in [0.717, 1.165) is 25.9 Å². The Labute approximate surface area is 134 Å². The molecule has 0 N–H and O–H groups in total. The fraction of sp³-hybridized carbons (Fsp3) is 0.733. The van der Waals surface area contributed by atoms with Gasteiger partial charge in [0.1, 0.15) is 12.9 Å². The maximum Gasteiger partial charge on any atom is 0.345 e. The van der Waals surface area contributed by atoms with Crippen molar-refractivity contribution in [1.29, 1.82) is 0 Å². The number of carbonyl (C=O) groups excluding carboxylic acids is 2. The van der Waals surface area contributed by atoms with Crippen LogP contribution < -0.4 is 5.69 Å². The molecule has 1 aromatic rings. The first-order chi connectivity index (χ1) is 11.1. The van der Waals surface area contributed by atoms with Crippen LogP contribution in [0.2, 0.25) is 0 Å². The van der Waals surface area contributed by atoms with Gasteiger partial charge in [-0.15, -0.1) is 0 Å². The summed E-state index contributed by atoms with van der Waals surface area (Å²) in [5.41, 5.74) is -0.294. The molecule has 23 heavy (non-hydrogen) atoms. The molecule has 0 saturated carbocycles. The Kier molecular flexibility index (Phi) is 4.49. The molecule has 2 aliphatic heterocycles. The Morgan fingerprint density at radius 2 is 1.78 bits per heavy atom. The molecular formula is C15H23N5O3. The Bertz CT molecular complexity index is 636. The number of hydrogen-bond donors (Lipinski definition) is 0. The van der Waals surface area contributed by atoms with E-state index < -0.39 is 0 Å². The summed E-state index contributed by atoms with van der Waals surface area (Å²) in [5, 5.41) is 3.90. The Morgan fingerprint density at radius 3 is 2.35 bits per heavy atom. The topological polar surface area (TPSA) is 80.4 Å². The fourth-order valence-corrected chi connectivity index (χ4v) is 3.33. The molecule has 8 nitrogen and oxygen atoms in total. The number of aryl methyl sites for hydroxylation is 1. The third-order valence-corrected chi connectivity index (χ3v) is 4.79. The highest BCUT2D eigenvalue weighted by molar-refractivity contribution is 5.80. The number of piperidine rings is 1. The van der Waals surface area contributed by atoms with Gasteiger partial charge in [0.15, 0.2) is 0 Å². The molecule has 0 bridgehead atoms. The normalized spacial score (nSPS) is 19.3. The van der Waals surface area contributed by atoms with Gasteiger partial charge in [0.2, 0.25) is 11.8 Å². The summed E-state index contributed by atoms with van der Waals surface area (Å²) in [7, 11) is 1.60. The molecule has 3 rings (SSSR count). The number of carbonyl (C=O) groups is 2. The first-order valence-corrected chi connectivity index (χ1v) is 8.21. The van der Waals surface area contributed by atoms with Gasteiger partial charge >= 0.3 is 5.69 Å². The van der Waals surface area contributed by atoms with E-state index in [2.05, 4.69) is 5.10 Å². The van der Waals surface area contributed by atoms with E-state index in [1.807, 2.05) is 4.90 Å². The number of rotatable bonds is 3. The minimum Gasteiger partial charge on any atom is -0.342 e. The second kappa shape index (κ2) is 6.55. The second-order valence-electron chi connectivity index (χ2n) is 6.37. The van der Waals surface area contributed by atoms with Crippen molar-refractivity contribution in [2.24, 2.45) is 13.0 Å². The summed E-state index contributed by atoms with van der Waals surface area (Å²) in [6.45, 7) is 2.86. The quantitative estimate of drug-likeness (QED) is 0.748. The van der Waals surface area contributed by atoms with Gasteiger partial charge in [-0.2, -0.15) is 5.10 Å². The lowest BCUT2D eigenvalue weighted by Gasteiger charge is -2.33. The monoisotopic (exact) mass is 321 g/mol. The van der Waals surface area contributed by atoms with Gasteiger partial charge in [-0.1, -0.05) is 0 Å².